The van der Waals surface area contributed by atoms with Crippen molar-refractivity contribution in [1.29, 1.82) is 0 Å². The van der Waals surface area contributed by atoms with Crippen LogP contribution >= 0.6 is 15.9 Å². The van der Waals surface area contributed by atoms with E-state index in [-0.39, 0.29) is 0 Å². The Morgan fingerprint density at radius 2 is 1.89 bits per heavy atom. The molecular formula is C13H16BrF2NO. The second kappa shape index (κ2) is 7.46. The topological polar surface area (TPSA) is 20.3 Å². The van der Waals surface area contributed by atoms with E-state index < -0.39 is 23.1 Å². The highest BCUT2D eigenvalue weighted by Crippen LogP contribution is 2.15. The van der Waals surface area contributed by atoms with E-state index in [2.05, 4.69) is 15.9 Å². The Morgan fingerprint density at radius 1 is 1.28 bits per heavy atom. The number of nitrogens with zero attached hydrogens (tertiary/aromatic N) is 1. The van der Waals surface area contributed by atoms with Crippen LogP contribution < -0.4 is 0 Å². The standard InChI is InChI=1S/C13H16BrF2NO/c1-2-3-8-17(9-7-14)13(18)12-10(15)5-4-6-11(12)16/h4-6H,2-3,7-9H2,1H3. The van der Waals surface area contributed by atoms with Gasteiger partial charge in [-0.15, -0.1) is 0 Å². The SMILES string of the molecule is CCCCN(CCBr)C(=O)c1c(F)cccc1F. The number of amides is 1. The maximum absolute atomic E-state index is 13.5. The molecule has 0 aliphatic carbocycles. The minimum absolute atomic E-state index is 0.437. The number of hydrogen-bond acceptors (Lipinski definition) is 1. The number of benzene rings is 1. The predicted octanol–water partition coefficient (Wildman–Crippen LogP) is 3.60. The van der Waals surface area contributed by atoms with Gasteiger partial charge in [-0.2, -0.15) is 0 Å². The molecule has 0 heterocycles. The number of carbonyl (C=O) groups is 1. The molecule has 100 valence electrons. The lowest BCUT2D eigenvalue weighted by Crippen LogP contribution is -2.34. The molecule has 0 spiro atoms. The van der Waals surface area contributed by atoms with Gasteiger partial charge in [-0.25, -0.2) is 8.78 Å². The zero-order valence-electron chi connectivity index (χ0n) is 10.3. The van der Waals surface area contributed by atoms with Gasteiger partial charge in [-0.3, -0.25) is 4.79 Å². The molecule has 1 amide bonds. The summed E-state index contributed by atoms with van der Waals surface area (Å²) in [5.74, 6) is -2.20. The van der Waals surface area contributed by atoms with Gasteiger partial charge in [0.15, 0.2) is 0 Å². The molecule has 5 heteroatoms. The summed E-state index contributed by atoms with van der Waals surface area (Å²) in [6, 6.07) is 3.45. The summed E-state index contributed by atoms with van der Waals surface area (Å²) in [4.78, 5) is 13.6. The smallest absolute Gasteiger partial charge is 0.259 e. The fraction of sp³-hybridized carbons (Fsp3) is 0.462. The van der Waals surface area contributed by atoms with Crippen LogP contribution in [0.15, 0.2) is 18.2 Å². The van der Waals surface area contributed by atoms with Gasteiger partial charge in [0.2, 0.25) is 0 Å². The predicted molar refractivity (Wildman–Crippen MR) is 71.0 cm³/mol. The number of alkyl halides is 1. The minimum atomic E-state index is -0.809. The van der Waals surface area contributed by atoms with Crippen LogP contribution in [-0.2, 0) is 0 Å². The first-order valence-electron chi connectivity index (χ1n) is 5.91. The first-order chi connectivity index (χ1) is 8.61. The monoisotopic (exact) mass is 319 g/mol. The van der Waals surface area contributed by atoms with E-state index in [9.17, 15) is 13.6 Å². The van der Waals surface area contributed by atoms with Crippen LogP contribution in [0.3, 0.4) is 0 Å². The normalized spacial score (nSPS) is 10.4. The highest BCUT2D eigenvalue weighted by atomic mass is 79.9. The van der Waals surface area contributed by atoms with Gasteiger partial charge in [0, 0.05) is 18.4 Å². The third-order valence-corrected chi connectivity index (χ3v) is 2.95. The Hall–Kier alpha value is -0.970. The number of unbranched alkanes of at least 4 members (excludes halogenated alkanes) is 1. The molecule has 0 aliphatic heterocycles. The Kier molecular flexibility index (Phi) is 6.25. The van der Waals surface area contributed by atoms with Crippen molar-refractivity contribution in [2.45, 2.75) is 19.8 Å². The summed E-state index contributed by atoms with van der Waals surface area (Å²) in [5, 5.41) is 0.582. The van der Waals surface area contributed by atoms with Crippen molar-refractivity contribution in [2.24, 2.45) is 0 Å². The van der Waals surface area contributed by atoms with E-state index in [1.807, 2.05) is 6.92 Å². The van der Waals surface area contributed by atoms with E-state index in [1.165, 1.54) is 11.0 Å². The van der Waals surface area contributed by atoms with E-state index in [4.69, 9.17) is 0 Å². The molecule has 0 radical (unpaired) electrons. The summed E-state index contributed by atoms with van der Waals surface area (Å²) >= 11 is 3.24. The summed E-state index contributed by atoms with van der Waals surface area (Å²) < 4.78 is 27.0. The molecule has 0 atom stereocenters. The summed E-state index contributed by atoms with van der Waals surface area (Å²) in [6.07, 6.45) is 1.74. The minimum Gasteiger partial charge on any atom is -0.338 e. The Bertz CT molecular complexity index is 392. The summed E-state index contributed by atoms with van der Waals surface area (Å²) in [5.41, 5.74) is -0.463. The lowest BCUT2D eigenvalue weighted by atomic mass is 10.1. The molecule has 1 rings (SSSR count). The van der Waals surface area contributed by atoms with E-state index >= 15 is 0 Å². The van der Waals surface area contributed by atoms with Gasteiger partial charge < -0.3 is 4.90 Å². The molecule has 0 fully saturated rings. The molecule has 0 aliphatic rings. The van der Waals surface area contributed by atoms with Crippen LogP contribution in [0.5, 0.6) is 0 Å². The molecule has 0 aromatic heterocycles. The average Bonchev–Trinajstić information content (AvgIpc) is 2.34. The lowest BCUT2D eigenvalue weighted by Gasteiger charge is -2.22. The molecule has 0 unspecified atom stereocenters. The van der Waals surface area contributed by atoms with Gasteiger partial charge >= 0.3 is 0 Å². The number of hydrogen-bond donors (Lipinski definition) is 0. The molecule has 0 bridgehead atoms. The quantitative estimate of drug-likeness (QED) is 0.734. The van der Waals surface area contributed by atoms with Gasteiger partial charge in [-0.1, -0.05) is 35.3 Å². The maximum Gasteiger partial charge on any atom is 0.259 e. The van der Waals surface area contributed by atoms with Gasteiger partial charge in [0.1, 0.15) is 17.2 Å². The largest absolute Gasteiger partial charge is 0.338 e. The first-order valence-corrected chi connectivity index (χ1v) is 7.03. The van der Waals surface area contributed by atoms with Crippen molar-refractivity contribution >= 4 is 21.8 Å². The van der Waals surface area contributed by atoms with Crippen LogP contribution in [0.2, 0.25) is 0 Å². The van der Waals surface area contributed by atoms with Crippen LogP contribution in [0.25, 0.3) is 0 Å². The second-order valence-corrected chi connectivity index (χ2v) is 4.72. The van der Waals surface area contributed by atoms with Crippen molar-refractivity contribution in [3.63, 3.8) is 0 Å². The van der Waals surface area contributed by atoms with Crippen molar-refractivity contribution in [3.8, 4) is 0 Å². The molecule has 0 saturated heterocycles. The zero-order chi connectivity index (χ0) is 13.5. The Balaban J connectivity index is 2.94. The molecule has 0 saturated carbocycles. The van der Waals surface area contributed by atoms with Crippen LogP contribution in [-0.4, -0.2) is 29.2 Å². The molecule has 18 heavy (non-hydrogen) atoms. The number of halogens is 3. The molecule has 1 aromatic carbocycles. The van der Waals surface area contributed by atoms with Crippen molar-refractivity contribution in [3.05, 3.63) is 35.4 Å². The van der Waals surface area contributed by atoms with E-state index in [1.54, 1.807) is 0 Å². The van der Waals surface area contributed by atoms with Crippen LogP contribution in [0.1, 0.15) is 30.1 Å². The van der Waals surface area contributed by atoms with Crippen molar-refractivity contribution in [1.82, 2.24) is 4.90 Å². The zero-order valence-corrected chi connectivity index (χ0v) is 11.8. The van der Waals surface area contributed by atoms with Crippen molar-refractivity contribution in [2.75, 3.05) is 18.4 Å². The maximum atomic E-state index is 13.5. The summed E-state index contributed by atoms with van der Waals surface area (Å²) in [6.45, 7) is 2.95. The summed E-state index contributed by atoms with van der Waals surface area (Å²) in [7, 11) is 0. The van der Waals surface area contributed by atoms with Crippen LogP contribution in [0.4, 0.5) is 8.78 Å². The highest BCUT2D eigenvalue weighted by molar-refractivity contribution is 9.09. The number of carbonyl (C=O) groups excluding carboxylic acids is 1. The first kappa shape index (κ1) is 15.1. The average molecular weight is 320 g/mol. The third kappa shape index (κ3) is 3.77. The van der Waals surface area contributed by atoms with Gasteiger partial charge in [-0.05, 0) is 18.6 Å². The van der Waals surface area contributed by atoms with Crippen LogP contribution in [0, 0.1) is 11.6 Å². The van der Waals surface area contributed by atoms with Gasteiger partial charge in [0.05, 0.1) is 0 Å². The van der Waals surface area contributed by atoms with E-state index in [0.29, 0.717) is 18.4 Å². The van der Waals surface area contributed by atoms with Crippen molar-refractivity contribution < 1.29 is 13.6 Å². The lowest BCUT2D eigenvalue weighted by molar-refractivity contribution is 0.0754. The highest BCUT2D eigenvalue weighted by Gasteiger charge is 2.22. The second-order valence-electron chi connectivity index (χ2n) is 3.93. The molecule has 2 nitrogen and oxygen atoms in total. The van der Waals surface area contributed by atoms with E-state index in [0.717, 1.165) is 25.0 Å². The fourth-order valence-corrected chi connectivity index (χ4v) is 2.05. The fourth-order valence-electron chi connectivity index (χ4n) is 1.63. The third-order valence-electron chi connectivity index (χ3n) is 2.60. The number of rotatable bonds is 6. The van der Waals surface area contributed by atoms with Gasteiger partial charge in [0.25, 0.3) is 5.91 Å². The Labute approximate surface area is 114 Å². The molecule has 0 N–H and O–H groups in total. The molecule has 1 aromatic rings. The Morgan fingerprint density at radius 3 is 2.39 bits per heavy atom. The molecular weight excluding hydrogens is 304 g/mol.